The first-order valence-electron chi connectivity index (χ1n) is 24.5. The largest absolute Gasteiger partial charge is 0.461 e. The van der Waals surface area contributed by atoms with Crippen molar-refractivity contribution in [2.45, 2.75) is 63.5 Å². The van der Waals surface area contributed by atoms with E-state index in [2.05, 4.69) is 26.8 Å². The van der Waals surface area contributed by atoms with Crippen molar-refractivity contribution in [2.24, 2.45) is 0 Å². The number of amides is 2. The number of hydrogen-bond acceptors (Lipinski definition) is 16. The van der Waals surface area contributed by atoms with E-state index >= 15 is 13.2 Å². The van der Waals surface area contributed by atoms with Crippen molar-refractivity contribution in [1.82, 2.24) is 29.3 Å². The molecule has 0 bridgehead atoms. The maximum Gasteiger partial charge on any atom is 0.412 e. The summed E-state index contributed by atoms with van der Waals surface area (Å²) in [5.74, 6) is -3.38. The van der Waals surface area contributed by atoms with Crippen LogP contribution in [-0.2, 0) is 32.2 Å². The predicted molar refractivity (Wildman–Crippen MR) is 275 cm³/mol. The first-order chi connectivity index (χ1) is 36.5. The number of halogens is 4. The van der Waals surface area contributed by atoms with Crippen LogP contribution in [0.4, 0.5) is 34.5 Å². The van der Waals surface area contributed by atoms with E-state index in [9.17, 15) is 29.5 Å². The maximum atomic E-state index is 17.3. The Morgan fingerprint density at radius 1 is 1.05 bits per heavy atom. The van der Waals surface area contributed by atoms with Crippen LogP contribution in [0.2, 0.25) is 5.02 Å². The SMILES string of the molecule is C=C(C(=O)N1CCN(c2nc(OCC34CCCN3CCC4)nc3c(F)c(-c4ccc(F)c5sc(N)c(C#N)c45)c(Cl)cc23)CC1)C(C)OC(=O)Nc1cc2cc3c(nc2cc1F)-c1cc2c(c(=O)n1C3)COC(=O)C2O. The average molecular weight is 1070 g/mol. The van der Waals surface area contributed by atoms with E-state index < -0.39 is 53.2 Å². The van der Waals surface area contributed by atoms with Gasteiger partial charge in [0.1, 0.15) is 53.4 Å². The Balaban J connectivity index is 0.754. The van der Waals surface area contributed by atoms with Crippen LogP contribution in [0.3, 0.4) is 0 Å². The van der Waals surface area contributed by atoms with Crippen molar-refractivity contribution >= 4 is 89.3 Å². The standard InChI is InChI=1S/C53H44ClF3N10O8S/c1-24(25(2)75-52(72)61-37-16-26-15-27-21-67-38(42(27)60-36(26)19-35(37)56)18-29-32(49(67)70)22-73-50(71)44(29)68)48(69)65-13-11-64(12-14-65)47-30-17-33(54)40(28-5-6-34(55)45-39(28)31(20-58)46(59)76-45)41(57)43(30)62-51(63-47)74-23-53-7-3-9-66(53)10-4-8-53/h5-6,15-19,25,44,68H,1,3-4,7-14,21-23,59H2,2H3,(H,61,72). The van der Waals surface area contributed by atoms with Crippen molar-refractivity contribution in [3.63, 3.8) is 0 Å². The lowest BCUT2D eigenvalue weighted by molar-refractivity contribution is -0.157. The number of carbonyl (C=O) groups is 3. The molecule has 5 aliphatic rings. The minimum atomic E-state index is -1.63. The van der Waals surface area contributed by atoms with Gasteiger partial charge in [0.25, 0.3) is 11.5 Å². The number of aliphatic hydroxyl groups excluding tert-OH is 1. The van der Waals surface area contributed by atoms with Gasteiger partial charge in [0.15, 0.2) is 11.9 Å². The lowest BCUT2D eigenvalue weighted by Gasteiger charge is -2.36. The number of esters is 1. The molecular formula is C53H44ClF3N10O8S. The highest BCUT2D eigenvalue weighted by atomic mass is 35.5. The summed E-state index contributed by atoms with van der Waals surface area (Å²) in [4.78, 5) is 72.4. The molecule has 0 saturated carbocycles. The lowest BCUT2D eigenvalue weighted by atomic mass is 9.95. The molecule has 2 amide bonds. The number of nitriles is 1. The molecule has 3 saturated heterocycles. The highest BCUT2D eigenvalue weighted by molar-refractivity contribution is 7.23. The molecule has 0 spiro atoms. The highest BCUT2D eigenvalue weighted by Crippen LogP contribution is 2.47. The van der Waals surface area contributed by atoms with Crippen LogP contribution in [0, 0.1) is 28.8 Å². The molecule has 4 aromatic heterocycles. The molecule has 18 nitrogen and oxygen atoms in total. The van der Waals surface area contributed by atoms with Crippen molar-refractivity contribution in [3.05, 3.63) is 110 Å². The number of nitrogens with two attached hydrogens (primary N) is 1. The zero-order chi connectivity index (χ0) is 53.1. The second-order valence-electron chi connectivity index (χ2n) is 19.6. The lowest BCUT2D eigenvalue weighted by Crippen LogP contribution is -2.50. The molecule has 2 unspecified atom stereocenters. The number of nitrogens with zero attached hydrogens (tertiary/aromatic N) is 8. The minimum absolute atomic E-state index is 0.00191. The number of aliphatic hydroxyl groups is 1. The van der Waals surface area contributed by atoms with Gasteiger partial charge in [0.2, 0.25) is 0 Å². The molecule has 5 aliphatic heterocycles. The number of nitrogen functional groups attached to an aromatic ring is 1. The van der Waals surface area contributed by atoms with Gasteiger partial charge in [0.05, 0.1) is 61.1 Å². The zero-order valence-corrected chi connectivity index (χ0v) is 42.0. The smallest absolute Gasteiger partial charge is 0.412 e. The van der Waals surface area contributed by atoms with Crippen LogP contribution < -0.4 is 26.2 Å². The van der Waals surface area contributed by atoms with Gasteiger partial charge in [-0.05, 0) is 81.6 Å². The number of ether oxygens (including phenoxy) is 3. The average Bonchev–Trinajstić information content (AvgIpc) is 4.19. The van der Waals surface area contributed by atoms with Gasteiger partial charge in [-0.3, -0.25) is 19.8 Å². The predicted octanol–water partition coefficient (Wildman–Crippen LogP) is 7.71. The fourth-order valence-corrected chi connectivity index (χ4v) is 12.6. The molecule has 3 aromatic carbocycles. The Morgan fingerprint density at radius 3 is 2.57 bits per heavy atom. The molecule has 3 fully saturated rings. The summed E-state index contributed by atoms with van der Waals surface area (Å²) in [6.45, 7) is 8.13. The van der Waals surface area contributed by atoms with E-state index in [0.717, 1.165) is 56.2 Å². The van der Waals surface area contributed by atoms with Gasteiger partial charge in [-0.25, -0.2) is 27.7 Å². The summed E-state index contributed by atoms with van der Waals surface area (Å²) in [7, 11) is 0. The summed E-state index contributed by atoms with van der Waals surface area (Å²) in [5, 5.41) is 23.7. The summed E-state index contributed by atoms with van der Waals surface area (Å²) >= 11 is 7.82. The number of thiophene rings is 1. The van der Waals surface area contributed by atoms with Crippen molar-refractivity contribution in [3.8, 4) is 34.6 Å². The fourth-order valence-electron chi connectivity index (χ4n) is 11.4. The van der Waals surface area contributed by atoms with Gasteiger partial charge in [-0.1, -0.05) is 24.2 Å². The molecule has 2 atom stereocenters. The summed E-state index contributed by atoms with van der Waals surface area (Å²) < 4.78 is 66.5. The van der Waals surface area contributed by atoms with E-state index in [4.69, 9.17) is 36.5 Å². The number of nitrogens with one attached hydrogen (secondary N) is 1. The van der Waals surface area contributed by atoms with Crippen molar-refractivity contribution in [2.75, 3.05) is 61.8 Å². The summed E-state index contributed by atoms with van der Waals surface area (Å²) in [6, 6.07) is 11.7. The van der Waals surface area contributed by atoms with E-state index in [0.29, 0.717) is 28.2 Å². The van der Waals surface area contributed by atoms with Gasteiger partial charge in [-0.2, -0.15) is 15.2 Å². The Morgan fingerprint density at radius 2 is 1.82 bits per heavy atom. The van der Waals surface area contributed by atoms with Crippen LogP contribution in [0.1, 0.15) is 61.0 Å². The zero-order valence-electron chi connectivity index (χ0n) is 40.5. The Hall–Kier alpha value is -7.84. The van der Waals surface area contributed by atoms with E-state index in [1.54, 1.807) is 6.07 Å². The molecule has 23 heteroatoms. The molecule has 76 heavy (non-hydrogen) atoms. The van der Waals surface area contributed by atoms with E-state index in [1.165, 1.54) is 46.7 Å². The number of hydrogen-bond donors (Lipinski definition) is 3. The number of anilines is 3. The first kappa shape index (κ1) is 49.1. The number of aromatic nitrogens is 4. The van der Waals surface area contributed by atoms with Crippen molar-refractivity contribution in [1.29, 1.82) is 5.26 Å². The first-order valence-corrected chi connectivity index (χ1v) is 25.7. The molecule has 0 radical (unpaired) electrons. The molecule has 12 rings (SSSR count). The minimum Gasteiger partial charge on any atom is -0.461 e. The summed E-state index contributed by atoms with van der Waals surface area (Å²) in [6.07, 6.45) is 0.0709. The molecule has 7 aromatic rings. The second-order valence-corrected chi connectivity index (χ2v) is 21.1. The fraction of sp³-hybridized carbons (Fsp3) is 0.321. The molecule has 0 aliphatic carbocycles. The number of pyridine rings is 2. The molecule has 388 valence electrons. The van der Waals surface area contributed by atoms with Crippen LogP contribution in [0.5, 0.6) is 6.01 Å². The molecular weight excluding hydrogens is 1030 g/mol. The third kappa shape index (κ3) is 7.93. The number of fused-ring (bicyclic) bond motifs is 8. The number of carbonyl (C=O) groups excluding carboxylic acids is 3. The quantitative estimate of drug-likeness (QED) is 0.0928. The van der Waals surface area contributed by atoms with Gasteiger partial charge in [-0.15, -0.1) is 11.3 Å². The third-order valence-corrected chi connectivity index (χ3v) is 16.7. The highest BCUT2D eigenvalue weighted by Gasteiger charge is 2.45. The Bertz CT molecular complexity index is 3830. The van der Waals surface area contributed by atoms with Crippen LogP contribution in [0.25, 0.3) is 54.4 Å². The molecule has 9 heterocycles. The van der Waals surface area contributed by atoms with Crippen molar-refractivity contribution < 1.29 is 46.9 Å². The van der Waals surface area contributed by atoms with E-state index in [1.807, 2.05) is 11.0 Å². The maximum absolute atomic E-state index is 17.3. The van der Waals surface area contributed by atoms with E-state index in [-0.39, 0.29) is 133 Å². The van der Waals surface area contributed by atoms with Crippen LogP contribution in [0.15, 0.2) is 59.4 Å². The number of cyclic esters (lactones) is 1. The monoisotopic (exact) mass is 1070 g/mol. The Labute approximate surface area is 438 Å². The third-order valence-electron chi connectivity index (χ3n) is 15.3. The van der Waals surface area contributed by atoms with Crippen LogP contribution >= 0.6 is 22.9 Å². The summed E-state index contributed by atoms with van der Waals surface area (Å²) in [5.41, 5.74) is 6.95. The van der Waals surface area contributed by atoms with Gasteiger partial charge < -0.3 is 39.4 Å². The number of benzene rings is 3. The van der Waals surface area contributed by atoms with Crippen LogP contribution in [-0.4, -0.2) is 110 Å². The van der Waals surface area contributed by atoms with Gasteiger partial charge >= 0.3 is 18.1 Å². The number of rotatable bonds is 9. The topological polar surface area (TPSA) is 231 Å². The Kier molecular flexibility index (Phi) is 11.9. The molecule has 4 N–H and O–H groups in total. The van der Waals surface area contributed by atoms with Gasteiger partial charge in [0, 0.05) is 65.1 Å². The number of piperazine rings is 1. The normalized spacial score (nSPS) is 18.0. The second kappa shape index (κ2) is 18.5.